The van der Waals surface area contributed by atoms with Gasteiger partial charge in [-0.25, -0.2) is 9.97 Å². The number of nitrogen functional groups attached to an aromatic ring is 1. The van der Waals surface area contributed by atoms with E-state index in [9.17, 15) is 0 Å². The van der Waals surface area contributed by atoms with Gasteiger partial charge < -0.3 is 5.73 Å². The summed E-state index contributed by atoms with van der Waals surface area (Å²) in [6, 6.07) is 0. The number of nitrogens with zero attached hydrogens (tertiary/aromatic N) is 2. The summed E-state index contributed by atoms with van der Waals surface area (Å²) in [7, 11) is 0. The summed E-state index contributed by atoms with van der Waals surface area (Å²) in [6.07, 6.45) is 9.62. The molecule has 1 aliphatic rings. The topological polar surface area (TPSA) is 51.8 Å². The van der Waals surface area contributed by atoms with Crippen molar-refractivity contribution in [2.45, 2.75) is 58.3 Å². The Balaban J connectivity index is 1.98. The van der Waals surface area contributed by atoms with Crippen LogP contribution in [0.25, 0.3) is 0 Å². The van der Waals surface area contributed by atoms with Crippen LogP contribution in [0.5, 0.6) is 0 Å². The van der Waals surface area contributed by atoms with Crippen LogP contribution in [0.2, 0.25) is 0 Å². The van der Waals surface area contributed by atoms with Gasteiger partial charge in [0.2, 0.25) is 0 Å². The minimum absolute atomic E-state index is 0.558. The SMILES string of the molecule is CCCC1CCC(c2ncc(N)c(C)n2)CC1. The lowest BCUT2D eigenvalue weighted by Crippen LogP contribution is -2.16. The molecule has 1 fully saturated rings. The van der Waals surface area contributed by atoms with Crippen molar-refractivity contribution in [1.82, 2.24) is 9.97 Å². The first-order valence-electron chi connectivity index (χ1n) is 6.79. The van der Waals surface area contributed by atoms with Gasteiger partial charge in [-0.05, 0) is 38.5 Å². The maximum atomic E-state index is 5.75. The molecule has 0 bridgehead atoms. The zero-order valence-corrected chi connectivity index (χ0v) is 10.9. The molecule has 1 aromatic heterocycles. The lowest BCUT2D eigenvalue weighted by Gasteiger charge is -2.27. The van der Waals surface area contributed by atoms with E-state index >= 15 is 0 Å². The van der Waals surface area contributed by atoms with Crippen molar-refractivity contribution >= 4 is 5.69 Å². The fourth-order valence-electron chi connectivity index (χ4n) is 2.81. The largest absolute Gasteiger partial charge is 0.396 e. The summed E-state index contributed by atoms with van der Waals surface area (Å²) in [5, 5.41) is 0. The number of aromatic nitrogens is 2. The van der Waals surface area contributed by atoms with Crippen LogP contribution in [0.1, 0.15) is 62.9 Å². The second kappa shape index (κ2) is 5.48. The molecule has 2 rings (SSSR count). The first kappa shape index (κ1) is 12.3. The molecule has 0 aromatic carbocycles. The Morgan fingerprint density at radius 2 is 2.00 bits per heavy atom. The molecule has 0 aliphatic heterocycles. The maximum Gasteiger partial charge on any atom is 0.131 e. The fourth-order valence-corrected chi connectivity index (χ4v) is 2.81. The van der Waals surface area contributed by atoms with Crippen molar-refractivity contribution in [3.05, 3.63) is 17.7 Å². The van der Waals surface area contributed by atoms with Crippen LogP contribution < -0.4 is 5.73 Å². The quantitative estimate of drug-likeness (QED) is 0.870. The van der Waals surface area contributed by atoms with Crippen molar-refractivity contribution in [1.29, 1.82) is 0 Å². The molecule has 17 heavy (non-hydrogen) atoms. The van der Waals surface area contributed by atoms with E-state index in [2.05, 4.69) is 16.9 Å². The monoisotopic (exact) mass is 233 g/mol. The van der Waals surface area contributed by atoms with E-state index in [0.717, 1.165) is 17.4 Å². The van der Waals surface area contributed by atoms with Crippen LogP contribution in [0.3, 0.4) is 0 Å². The Morgan fingerprint density at radius 3 is 2.59 bits per heavy atom. The predicted octanol–water partition coefficient (Wildman–Crippen LogP) is 3.44. The van der Waals surface area contributed by atoms with Crippen molar-refractivity contribution in [2.24, 2.45) is 5.92 Å². The van der Waals surface area contributed by atoms with E-state index in [1.165, 1.54) is 38.5 Å². The molecule has 0 unspecified atom stereocenters. The molecule has 1 heterocycles. The normalized spacial score (nSPS) is 24.8. The molecule has 2 N–H and O–H groups in total. The smallest absolute Gasteiger partial charge is 0.131 e. The molecule has 0 saturated heterocycles. The molecule has 1 aliphatic carbocycles. The highest BCUT2D eigenvalue weighted by atomic mass is 14.9. The van der Waals surface area contributed by atoms with Crippen LogP contribution in [0.4, 0.5) is 5.69 Å². The number of anilines is 1. The van der Waals surface area contributed by atoms with Crippen molar-refractivity contribution in [3.63, 3.8) is 0 Å². The van der Waals surface area contributed by atoms with E-state index in [4.69, 9.17) is 5.73 Å². The van der Waals surface area contributed by atoms with Gasteiger partial charge in [0.25, 0.3) is 0 Å². The summed E-state index contributed by atoms with van der Waals surface area (Å²) >= 11 is 0. The highest BCUT2D eigenvalue weighted by Crippen LogP contribution is 2.36. The Morgan fingerprint density at radius 1 is 1.29 bits per heavy atom. The van der Waals surface area contributed by atoms with Gasteiger partial charge in [0.15, 0.2) is 0 Å². The zero-order valence-electron chi connectivity index (χ0n) is 10.9. The molecule has 1 saturated carbocycles. The third-order valence-electron chi connectivity index (χ3n) is 3.94. The third-order valence-corrected chi connectivity index (χ3v) is 3.94. The van der Waals surface area contributed by atoms with Gasteiger partial charge in [-0.1, -0.05) is 19.8 Å². The van der Waals surface area contributed by atoms with Crippen LogP contribution in [0.15, 0.2) is 6.20 Å². The summed E-state index contributed by atoms with van der Waals surface area (Å²) in [6.45, 7) is 4.24. The summed E-state index contributed by atoms with van der Waals surface area (Å²) in [5.74, 6) is 2.50. The first-order valence-corrected chi connectivity index (χ1v) is 6.79. The first-order chi connectivity index (χ1) is 8.20. The van der Waals surface area contributed by atoms with Gasteiger partial charge in [-0.15, -0.1) is 0 Å². The second-order valence-corrected chi connectivity index (χ2v) is 5.28. The molecule has 0 atom stereocenters. The Bertz CT molecular complexity index is 368. The Labute approximate surface area is 104 Å². The molecule has 1 aromatic rings. The molecule has 0 spiro atoms. The van der Waals surface area contributed by atoms with Crippen LogP contribution in [0, 0.1) is 12.8 Å². The van der Waals surface area contributed by atoms with Gasteiger partial charge in [0, 0.05) is 5.92 Å². The minimum atomic E-state index is 0.558. The van der Waals surface area contributed by atoms with E-state index in [1.807, 2.05) is 6.92 Å². The molecule has 94 valence electrons. The predicted molar refractivity (Wildman–Crippen MR) is 70.8 cm³/mol. The number of aryl methyl sites for hydroxylation is 1. The molecular formula is C14H23N3. The molecule has 3 nitrogen and oxygen atoms in total. The van der Waals surface area contributed by atoms with Crippen molar-refractivity contribution < 1.29 is 0 Å². The van der Waals surface area contributed by atoms with Gasteiger partial charge in [-0.2, -0.15) is 0 Å². The van der Waals surface area contributed by atoms with E-state index < -0.39 is 0 Å². The Kier molecular flexibility index (Phi) is 3.97. The minimum Gasteiger partial charge on any atom is -0.396 e. The lowest BCUT2D eigenvalue weighted by molar-refractivity contribution is 0.302. The maximum absolute atomic E-state index is 5.75. The van der Waals surface area contributed by atoms with E-state index in [-0.39, 0.29) is 0 Å². The molecule has 0 radical (unpaired) electrons. The fraction of sp³-hybridized carbons (Fsp3) is 0.714. The van der Waals surface area contributed by atoms with Crippen LogP contribution in [-0.4, -0.2) is 9.97 Å². The van der Waals surface area contributed by atoms with Crippen LogP contribution in [-0.2, 0) is 0 Å². The van der Waals surface area contributed by atoms with E-state index in [1.54, 1.807) is 6.20 Å². The number of hydrogen-bond acceptors (Lipinski definition) is 3. The highest BCUT2D eigenvalue weighted by molar-refractivity contribution is 5.39. The second-order valence-electron chi connectivity index (χ2n) is 5.28. The van der Waals surface area contributed by atoms with Gasteiger partial charge in [-0.3, -0.25) is 0 Å². The number of hydrogen-bond donors (Lipinski definition) is 1. The standard InChI is InChI=1S/C14H23N3/c1-3-4-11-5-7-12(8-6-11)14-16-9-13(15)10(2)17-14/h9,11-12H,3-8,15H2,1-2H3. The zero-order chi connectivity index (χ0) is 12.3. The highest BCUT2D eigenvalue weighted by Gasteiger charge is 2.23. The molecule has 0 amide bonds. The number of rotatable bonds is 3. The average Bonchev–Trinajstić information content (AvgIpc) is 2.34. The van der Waals surface area contributed by atoms with Crippen molar-refractivity contribution in [3.8, 4) is 0 Å². The average molecular weight is 233 g/mol. The number of nitrogens with two attached hydrogens (primary N) is 1. The van der Waals surface area contributed by atoms with Gasteiger partial charge in [0.05, 0.1) is 17.6 Å². The Hall–Kier alpha value is -1.12. The van der Waals surface area contributed by atoms with Gasteiger partial charge in [0.1, 0.15) is 5.82 Å². The summed E-state index contributed by atoms with van der Waals surface area (Å²) < 4.78 is 0. The third kappa shape index (κ3) is 2.96. The van der Waals surface area contributed by atoms with Crippen molar-refractivity contribution in [2.75, 3.05) is 5.73 Å². The molecule has 3 heteroatoms. The summed E-state index contributed by atoms with van der Waals surface area (Å²) in [5.41, 5.74) is 7.38. The van der Waals surface area contributed by atoms with Gasteiger partial charge >= 0.3 is 0 Å². The summed E-state index contributed by atoms with van der Waals surface area (Å²) in [4.78, 5) is 8.93. The lowest BCUT2D eigenvalue weighted by atomic mass is 9.80. The molecular weight excluding hydrogens is 210 g/mol. The van der Waals surface area contributed by atoms with Crippen LogP contribution >= 0.6 is 0 Å². The van der Waals surface area contributed by atoms with E-state index in [0.29, 0.717) is 11.6 Å².